The summed E-state index contributed by atoms with van der Waals surface area (Å²) in [6.07, 6.45) is -0.184. The summed E-state index contributed by atoms with van der Waals surface area (Å²) in [4.78, 5) is 118. The number of carbonyl (C=O) groups excluding carboxylic acids is 9. The monoisotopic (exact) mass is 728 g/mol. The second kappa shape index (κ2) is 20.5. The molecule has 2 rings (SSSR count). The van der Waals surface area contributed by atoms with Gasteiger partial charge in [0.05, 0.1) is 18.7 Å². The molecule has 1 aliphatic heterocycles. The van der Waals surface area contributed by atoms with Crippen LogP contribution in [0.25, 0.3) is 0 Å². The van der Waals surface area contributed by atoms with Crippen molar-refractivity contribution in [3.8, 4) is 0 Å². The van der Waals surface area contributed by atoms with Gasteiger partial charge in [-0.2, -0.15) is 0 Å². The second-order valence-electron chi connectivity index (χ2n) is 13.8. The Labute approximate surface area is 303 Å². The molecule has 1 fully saturated rings. The van der Waals surface area contributed by atoms with Gasteiger partial charge < -0.3 is 43.0 Å². The van der Waals surface area contributed by atoms with Crippen LogP contribution in [0.2, 0.25) is 0 Å². The van der Waals surface area contributed by atoms with Crippen LogP contribution < -0.4 is 43.0 Å². The molecule has 8 amide bonds. The molecule has 1 aliphatic rings. The number of nitrogens with one attached hydrogen (secondary N) is 7. The molecule has 0 bridgehead atoms. The first-order chi connectivity index (χ1) is 24.5. The van der Waals surface area contributed by atoms with Crippen molar-refractivity contribution in [1.82, 2.24) is 31.9 Å². The maximum atomic E-state index is 13.8. The van der Waals surface area contributed by atoms with Gasteiger partial charge in [0.2, 0.25) is 47.8 Å². The molecule has 9 N–H and O–H groups in total. The van der Waals surface area contributed by atoms with Gasteiger partial charge >= 0.3 is 0 Å². The summed E-state index contributed by atoms with van der Waals surface area (Å²) in [5.41, 5.74) is 5.55. The highest BCUT2D eigenvalue weighted by Gasteiger charge is 2.36. The van der Waals surface area contributed by atoms with Gasteiger partial charge in [-0.25, -0.2) is 0 Å². The summed E-state index contributed by atoms with van der Waals surface area (Å²) in [7, 11) is 0. The molecule has 0 aliphatic carbocycles. The van der Waals surface area contributed by atoms with E-state index >= 15 is 0 Å². The lowest BCUT2D eigenvalue weighted by Gasteiger charge is -2.30. The van der Waals surface area contributed by atoms with E-state index in [0.717, 1.165) is 0 Å². The normalized spacial score (nSPS) is 23.1. The number of hydrogen-bond acceptors (Lipinski definition) is 9. The molecule has 17 nitrogen and oxygen atoms in total. The lowest BCUT2D eigenvalue weighted by molar-refractivity contribution is -0.137. The molecule has 6 atom stereocenters. The lowest BCUT2D eigenvalue weighted by atomic mass is 9.95. The number of anilines is 1. The first-order valence-corrected chi connectivity index (χ1v) is 17.4. The average Bonchev–Trinajstić information content (AvgIpc) is 3.07. The topological polar surface area (TPSA) is 264 Å². The largest absolute Gasteiger partial charge is 0.370 e. The third-order valence-corrected chi connectivity index (χ3v) is 8.42. The van der Waals surface area contributed by atoms with E-state index in [4.69, 9.17) is 5.73 Å². The van der Waals surface area contributed by atoms with Gasteiger partial charge in [0.15, 0.2) is 5.78 Å². The van der Waals surface area contributed by atoms with E-state index < -0.39 is 103 Å². The number of hydrogen-bond donors (Lipinski definition) is 8. The average molecular weight is 729 g/mol. The fourth-order valence-electron chi connectivity index (χ4n) is 5.53. The molecule has 0 saturated carbocycles. The molecule has 1 saturated heterocycles. The minimum Gasteiger partial charge on any atom is -0.370 e. The number of Topliss-reactive ketones (excluding diaryl/α,β-unsaturated/α-hetero) is 1. The maximum absolute atomic E-state index is 13.8. The molecule has 0 spiro atoms. The molecule has 17 heteroatoms. The van der Waals surface area contributed by atoms with E-state index in [2.05, 4.69) is 37.2 Å². The van der Waals surface area contributed by atoms with E-state index in [0.29, 0.717) is 12.8 Å². The zero-order valence-corrected chi connectivity index (χ0v) is 30.5. The Bertz CT molecular complexity index is 1500. The Morgan fingerprint density at radius 1 is 0.750 bits per heavy atom. The van der Waals surface area contributed by atoms with Crippen molar-refractivity contribution in [3.05, 3.63) is 29.8 Å². The van der Waals surface area contributed by atoms with Crippen molar-refractivity contribution < 1.29 is 43.2 Å². The highest BCUT2D eigenvalue weighted by atomic mass is 16.2. The van der Waals surface area contributed by atoms with Crippen LogP contribution in [0.1, 0.15) is 84.0 Å². The van der Waals surface area contributed by atoms with Crippen molar-refractivity contribution in [2.75, 3.05) is 11.9 Å². The Hall–Kier alpha value is -5.35. The number of nitrogens with two attached hydrogens (primary N) is 1. The number of ketones is 1. The maximum Gasteiger partial charge on any atom is 0.243 e. The summed E-state index contributed by atoms with van der Waals surface area (Å²) in [6.45, 7) is 10.0. The predicted octanol–water partition coefficient (Wildman–Crippen LogP) is -0.605. The van der Waals surface area contributed by atoms with Gasteiger partial charge in [-0.15, -0.1) is 0 Å². The van der Waals surface area contributed by atoms with Gasteiger partial charge in [-0.3, -0.25) is 43.2 Å². The van der Waals surface area contributed by atoms with E-state index in [9.17, 15) is 43.2 Å². The first-order valence-electron chi connectivity index (χ1n) is 17.4. The number of primary amides is 1. The van der Waals surface area contributed by atoms with E-state index in [1.165, 1.54) is 12.1 Å². The minimum absolute atomic E-state index is 0.0455. The molecular weight excluding hydrogens is 676 g/mol. The highest BCUT2D eigenvalue weighted by molar-refractivity contribution is 6.06. The minimum atomic E-state index is -1.57. The molecule has 1 aromatic rings. The van der Waals surface area contributed by atoms with Crippen LogP contribution in [0.3, 0.4) is 0 Å². The molecule has 52 heavy (non-hydrogen) atoms. The van der Waals surface area contributed by atoms with Crippen LogP contribution in [-0.4, -0.2) is 90.3 Å². The van der Waals surface area contributed by atoms with E-state index in [1.54, 1.807) is 26.0 Å². The number of rotatable bonds is 13. The fraction of sp³-hybridized carbons (Fsp3) is 0.571. The molecular formula is C35H52N8O9. The Morgan fingerprint density at radius 3 is 1.81 bits per heavy atom. The van der Waals surface area contributed by atoms with E-state index in [-0.39, 0.29) is 35.9 Å². The van der Waals surface area contributed by atoms with Crippen LogP contribution in [0.5, 0.6) is 0 Å². The van der Waals surface area contributed by atoms with Crippen LogP contribution in [0.4, 0.5) is 5.69 Å². The van der Waals surface area contributed by atoms with Crippen molar-refractivity contribution >= 4 is 59.2 Å². The van der Waals surface area contributed by atoms with Gasteiger partial charge in [-0.1, -0.05) is 60.1 Å². The van der Waals surface area contributed by atoms with Gasteiger partial charge in [0.25, 0.3) is 0 Å². The Balaban J connectivity index is 2.62. The smallest absolute Gasteiger partial charge is 0.243 e. The first kappa shape index (κ1) is 42.8. The molecule has 0 radical (unpaired) electrons. The highest BCUT2D eigenvalue weighted by Crippen LogP contribution is 2.18. The van der Waals surface area contributed by atoms with Crippen LogP contribution in [0.15, 0.2) is 24.3 Å². The number of carbonyl (C=O) groups is 9. The number of para-hydroxylation sites is 1. The van der Waals surface area contributed by atoms with E-state index in [1.807, 2.05) is 27.7 Å². The SMILES string of the molecule is CCC(C)C1NC(=O)C(CC(C)C)NC(=O)C(CC(C)C)NC(=O)C(CC(=O)c2ccccc2NC=O)NC(=O)CNC(=O)C(CC(N)=O)NC1=O. The second-order valence-corrected chi connectivity index (χ2v) is 13.8. The third-order valence-electron chi connectivity index (χ3n) is 8.42. The third kappa shape index (κ3) is 13.4. The number of benzene rings is 1. The molecule has 1 heterocycles. The summed E-state index contributed by atoms with van der Waals surface area (Å²) in [5, 5.41) is 17.6. The van der Waals surface area contributed by atoms with Crippen LogP contribution in [-0.2, 0) is 38.4 Å². The quantitative estimate of drug-likeness (QED) is 0.0951. The zero-order valence-electron chi connectivity index (χ0n) is 30.5. The molecule has 0 aromatic heterocycles. The van der Waals surface area contributed by atoms with Gasteiger partial charge in [-0.05, 0) is 42.7 Å². The van der Waals surface area contributed by atoms with Crippen LogP contribution >= 0.6 is 0 Å². The zero-order chi connectivity index (χ0) is 39.1. The number of amides is 8. The standard InChI is InChI=1S/C35H52N8O9/c1-7-20(6)30-35(52)42-26(15-28(36)46)31(48)37-16-29(47)39-25(14-27(45)21-10-8-9-11-22(21)38-17-44)33(50)40-23(12-18(2)3)32(49)41-24(13-19(4)5)34(51)43-30/h8-11,17-20,23-26,30H,7,12-16H2,1-6H3,(H2,36,46)(H,37,48)(H,38,44)(H,39,47)(H,40,50)(H,41,49)(H,42,52)(H,43,51). The van der Waals surface area contributed by atoms with Gasteiger partial charge in [0.1, 0.15) is 30.2 Å². The molecule has 1 aromatic carbocycles. The van der Waals surface area contributed by atoms with Gasteiger partial charge in [0, 0.05) is 12.0 Å². The predicted molar refractivity (Wildman–Crippen MR) is 190 cm³/mol. The summed E-state index contributed by atoms with van der Waals surface area (Å²) < 4.78 is 0. The summed E-state index contributed by atoms with van der Waals surface area (Å²) >= 11 is 0. The summed E-state index contributed by atoms with van der Waals surface area (Å²) in [6, 6.07) is -0.652. The van der Waals surface area contributed by atoms with Crippen molar-refractivity contribution in [2.24, 2.45) is 23.5 Å². The Morgan fingerprint density at radius 2 is 1.27 bits per heavy atom. The summed E-state index contributed by atoms with van der Waals surface area (Å²) in [5.74, 6) is -7.25. The lowest BCUT2D eigenvalue weighted by Crippen LogP contribution is -2.61. The van der Waals surface area contributed by atoms with Crippen molar-refractivity contribution in [1.29, 1.82) is 0 Å². The van der Waals surface area contributed by atoms with Crippen molar-refractivity contribution in [3.63, 3.8) is 0 Å². The molecule has 286 valence electrons. The van der Waals surface area contributed by atoms with Crippen LogP contribution in [0, 0.1) is 17.8 Å². The molecule has 6 unspecified atom stereocenters. The Kier molecular flexibility index (Phi) is 16.9. The fourth-order valence-corrected chi connectivity index (χ4v) is 5.53. The van der Waals surface area contributed by atoms with Crippen molar-refractivity contribution in [2.45, 2.75) is 104 Å².